The van der Waals surface area contributed by atoms with E-state index in [4.69, 9.17) is 0 Å². The third-order valence-electron chi connectivity index (χ3n) is 3.55. The fourth-order valence-corrected chi connectivity index (χ4v) is 2.38. The maximum Gasteiger partial charge on any atom is 0.191 e. The molecule has 1 aliphatic heterocycles. The molecule has 0 spiro atoms. The molecule has 1 rings (SSSR count). The largest absolute Gasteiger partial charge is 0.355 e. The smallest absolute Gasteiger partial charge is 0.191 e. The molecule has 106 valence electrons. The van der Waals surface area contributed by atoms with Crippen molar-refractivity contribution in [2.75, 3.05) is 26.7 Å². The van der Waals surface area contributed by atoms with Gasteiger partial charge in [0.05, 0.1) is 0 Å². The van der Waals surface area contributed by atoms with E-state index in [1.54, 1.807) is 0 Å². The Morgan fingerprint density at radius 3 is 2.33 bits per heavy atom. The summed E-state index contributed by atoms with van der Waals surface area (Å²) in [4.78, 5) is 6.84. The minimum Gasteiger partial charge on any atom is -0.355 e. The van der Waals surface area contributed by atoms with Crippen LogP contribution in [0.4, 0.5) is 0 Å². The summed E-state index contributed by atoms with van der Waals surface area (Å²) >= 11 is 0. The van der Waals surface area contributed by atoms with Gasteiger partial charge >= 0.3 is 0 Å². The molecule has 1 heterocycles. The summed E-state index contributed by atoms with van der Waals surface area (Å²) in [5.74, 6) is 0.898. The predicted molar refractivity (Wildman–Crippen MR) is 79.1 cm³/mol. The van der Waals surface area contributed by atoms with E-state index in [9.17, 15) is 0 Å². The van der Waals surface area contributed by atoms with Gasteiger partial charge in [0, 0.05) is 25.2 Å². The second kappa shape index (κ2) is 6.98. The molecular formula is C14H30N4. The van der Waals surface area contributed by atoms with E-state index in [0.717, 1.165) is 12.5 Å². The second-order valence-corrected chi connectivity index (χ2v) is 6.08. The van der Waals surface area contributed by atoms with Crippen LogP contribution >= 0.6 is 0 Å². The number of aliphatic imine (C=N–C) groups is 1. The summed E-state index contributed by atoms with van der Waals surface area (Å²) < 4.78 is 0. The van der Waals surface area contributed by atoms with Crippen molar-refractivity contribution in [3.05, 3.63) is 0 Å². The van der Waals surface area contributed by atoms with Crippen LogP contribution in [0, 0.1) is 0 Å². The van der Waals surface area contributed by atoms with Crippen molar-refractivity contribution in [2.45, 2.75) is 58.5 Å². The zero-order chi connectivity index (χ0) is 13.6. The quantitative estimate of drug-likeness (QED) is 0.594. The van der Waals surface area contributed by atoms with Gasteiger partial charge in [0.25, 0.3) is 0 Å². The number of nitrogens with one attached hydrogen (secondary N) is 2. The van der Waals surface area contributed by atoms with Gasteiger partial charge in [-0.3, -0.25) is 9.89 Å². The van der Waals surface area contributed by atoms with E-state index in [2.05, 4.69) is 48.2 Å². The van der Waals surface area contributed by atoms with Crippen molar-refractivity contribution >= 4 is 5.96 Å². The van der Waals surface area contributed by atoms with Gasteiger partial charge in [0.15, 0.2) is 5.96 Å². The molecular weight excluding hydrogens is 224 g/mol. The molecule has 0 bridgehead atoms. The minimum atomic E-state index is 0.190. The van der Waals surface area contributed by atoms with E-state index in [-0.39, 0.29) is 5.54 Å². The second-order valence-electron chi connectivity index (χ2n) is 6.08. The van der Waals surface area contributed by atoms with Crippen molar-refractivity contribution in [3.8, 4) is 0 Å². The average molecular weight is 254 g/mol. The highest BCUT2D eigenvalue weighted by Crippen LogP contribution is 2.19. The SMILES string of the molecule is CN=C(NCC(C)(C)N1CCCCC1)NC(C)C. The predicted octanol–water partition coefficient (Wildman–Crippen LogP) is 1.82. The molecule has 0 aromatic rings. The molecule has 1 saturated heterocycles. The Morgan fingerprint density at radius 1 is 1.22 bits per heavy atom. The van der Waals surface area contributed by atoms with Crippen molar-refractivity contribution in [1.82, 2.24) is 15.5 Å². The fourth-order valence-electron chi connectivity index (χ4n) is 2.38. The summed E-state index contributed by atoms with van der Waals surface area (Å²) in [6, 6.07) is 0.411. The van der Waals surface area contributed by atoms with Crippen LogP contribution in [0.5, 0.6) is 0 Å². The molecule has 0 atom stereocenters. The molecule has 1 aliphatic rings. The van der Waals surface area contributed by atoms with E-state index in [0.29, 0.717) is 6.04 Å². The zero-order valence-electron chi connectivity index (χ0n) is 12.7. The highest BCUT2D eigenvalue weighted by Gasteiger charge is 2.27. The topological polar surface area (TPSA) is 39.7 Å². The van der Waals surface area contributed by atoms with Crippen LogP contribution in [0.3, 0.4) is 0 Å². The molecule has 0 radical (unpaired) electrons. The maximum absolute atomic E-state index is 4.25. The van der Waals surface area contributed by atoms with Gasteiger partial charge in [-0.1, -0.05) is 6.42 Å². The number of hydrogen-bond donors (Lipinski definition) is 2. The van der Waals surface area contributed by atoms with Gasteiger partial charge in [0.2, 0.25) is 0 Å². The molecule has 0 amide bonds. The maximum atomic E-state index is 4.25. The Balaban J connectivity index is 2.44. The third kappa shape index (κ3) is 4.84. The van der Waals surface area contributed by atoms with Gasteiger partial charge in [-0.15, -0.1) is 0 Å². The zero-order valence-corrected chi connectivity index (χ0v) is 12.7. The molecule has 0 aromatic carbocycles. The monoisotopic (exact) mass is 254 g/mol. The van der Waals surface area contributed by atoms with E-state index in [1.807, 2.05) is 7.05 Å². The van der Waals surface area contributed by atoms with E-state index in [1.165, 1.54) is 32.4 Å². The van der Waals surface area contributed by atoms with Crippen molar-refractivity contribution in [1.29, 1.82) is 0 Å². The normalized spacial score (nSPS) is 19.1. The first-order valence-corrected chi connectivity index (χ1v) is 7.18. The van der Waals surface area contributed by atoms with Crippen molar-refractivity contribution in [2.24, 2.45) is 4.99 Å². The summed E-state index contributed by atoms with van der Waals surface area (Å²) in [6.45, 7) is 12.3. The Hall–Kier alpha value is -0.770. The molecule has 4 nitrogen and oxygen atoms in total. The van der Waals surface area contributed by atoms with E-state index < -0.39 is 0 Å². The summed E-state index contributed by atoms with van der Waals surface area (Å²) in [6.07, 6.45) is 4.06. The highest BCUT2D eigenvalue weighted by molar-refractivity contribution is 5.79. The number of piperidine rings is 1. The molecule has 1 fully saturated rings. The molecule has 0 aliphatic carbocycles. The molecule has 0 unspecified atom stereocenters. The van der Waals surface area contributed by atoms with Crippen molar-refractivity contribution < 1.29 is 0 Å². The lowest BCUT2D eigenvalue weighted by Gasteiger charge is -2.41. The fraction of sp³-hybridized carbons (Fsp3) is 0.929. The van der Waals surface area contributed by atoms with Crippen LogP contribution in [-0.4, -0.2) is 49.1 Å². The Kier molecular flexibility index (Phi) is 5.93. The van der Waals surface area contributed by atoms with Crippen LogP contribution < -0.4 is 10.6 Å². The van der Waals surface area contributed by atoms with Gasteiger partial charge in [-0.05, 0) is 53.6 Å². The van der Waals surface area contributed by atoms with Crippen LogP contribution in [0.15, 0.2) is 4.99 Å². The standard InChI is InChI=1S/C14H30N4/c1-12(2)17-13(15-5)16-11-14(3,4)18-9-7-6-8-10-18/h12H,6-11H2,1-5H3,(H2,15,16,17). The molecule has 2 N–H and O–H groups in total. The van der Waals surface area contributed by atoms with Crippen LogP contribution in [-0.2, 0) is 0 Å². The van der Waals surface area contributed by atoms with Crippen LogP contribution in [0.2, 0.25) is 0 Å². The first-order chi connectivity index (χ1) is 8.45. The Morgan fingerprint density at radius 2 is 1.83 bits per heavy atom. The lowest BCUT2D eigenvalue weighted by molar-refractivity contribution is 0.0982. The molecule has 0 saturated carbocycles. The minimum absolute atomic E-state index is 0.190. The number of hydrogen-bond acceptors (Lipinski definition) is 2. The van der Waals surface area contributed by atoms with Crippen molar-refractivity contribution in [3.63, 3.8) is 0 Å². The van der Waals surface area contributed by atoms with Gasteiger partial charge in [0.1, 0.15) is 0 Å². The number of guanidine groups is 1. The van der Waals surface area contributed by atoms with Crippen LogP contribution in [0.25, 0.3) is 0 Å². The number of likely N-dealkylation sites (tertiary alicyclic amines) is 1. The number of rotatable bonds is 4. The first-order valence-electron chi connectivity index (χ1n) is 7.18. The van der Waals surface area contributed by atoms with Crippen LogP contribution in [0.1, 0.15) is 47.0 Å². The molecule has 18 heavy (non-hydrogen) atoms. The van der Waals surface area contributed by atoms with Gasteiger partial charge in [-0.25, -0.2) is 0 Å². The number of nitrogens with zero attached hydrogens (tertiary/aromatic N) is 2. The highest BCUT2D eigenvalue weighted by atomic mass is 15.2. The summed E-state index contributed by atoms with van der Waals surface area (Å²) in [7, 11) is 1.83. The first kappa shape index (κ1) is 15.3. The van der Waals surface area contributed by atoms with E-state index >= 15 is 0 Å². The third-order valence-corrected chi connectivity index (χ3v) is 3.55. The van der Waals surface area contributed by atoms with Gasteiger partial charge < -0.3 is 10.6 Å². The lowest BCUT2D eigenvalue weighted by atomic mass is 9.98. The average Bonchev–Trinajstić information content (AvgIpc) is 2.35. The summed E-state index contributed by atoms with van der Waals surface area (Å²) in [5.41, 5.74) is 0.190. The molecule has 4 heteroatoms. The Bertz CT molecular complexity index is 265. The summed E-state index contributed by atoms with van der Waals surface area (Å²) in [5, 5.41) is 6.76. The van der Waals surface area contributed by atoms with Gasteiger partial charge in [-0.2, -0.15) is 0 Å². The molecule has 0 aromatic heterocycles. The Labute approximate surface area is 112 Å². The lowest BCUT2D eigenvalue weighted by Crippen LogP contribution is -2.55.